The van der Waals surface area contributed by atoms with Crippen molar-refractivity contribution in [3.8, 4) is 0 Å². The molecule has 0 N–H and O–H groups in total. The first kappa shape index (κ1) is 11.4. The summed E-state index contributed by atoms with van der Waals surface area (Å²) in [7, 11) is 2.05. The van der Waals surface area contributed by atoms with Crippen LogP contribution in [-0.4, -0.2) is 36.7 Å². The molecule has 0 aromatic carbocycles. The molecule has 0 radical (unpaired) electrons. The third-order valence-corrected chi connectivity index (χ3v) is 4.22. The summed E-state index contributed by atoms with van der Waals surface area (Å²) >= 11 is 0. The summed E-state index contributed by atoms with van der Waals surface area (Å²) in [4.78, 5) is 2.62. The van der Waals surface area contributed by atoms with Crippen molar-refractivity contribution >= 4 is 8.80 Å². The first-order chi connectivity index (χ1) is 5.74. The van der Waals surface area contributed by atoms with Crippen LogP contribution in [0.1, 0.15) is 0 Å². The molecule has 0 saturated carbocycles. The van der Waals surface area contributed by atoms with Crippen LogP contribution in [0.25, 0.3) is 10.4 Å². The van der Waals surface area contributed by atoms with Crippen molar-refractivity contribution in [3.63, 3.8) is 0 Å². The van der Waals surface area contributed by atoms with Crippen LogP contribution in [0.3, 0.4) is 0 Å². The average molecular weight is 191 g/mol. The predicted octanol–water partition coefficient (Wildman–Crippen LogP) is 1.17. The quantitative estimate of drug-likeness (QED) is 0.274. The van der Waals surface area contributed by atoms with E-state index in [0.29, 0.717) is 12.6 Å². The molecule has 0 aromatic rings. The third kappa shape index (κ3) is 3.20. The largest absolute Gasteiger partial charge is 0.500 e. The number of azide groups is 1. The van der Waals surface area contributed by atoms with Crippen LogP contribution in [0, 0.1) is 0 Å². The van der Waals surface area contributed by atoms with E-state index >= 15 is 0 Å². The van der Waals surface area contributed by atoms with E-state index < -0.39 is 8.80 Å². The van der Waals surface area contributed by atoms with Gasteiger partial charge < -0.3 is 13.3 Å². The predicted molar refractivity (Wildman–Crippen MR) is 45.6 cm³/mol. The molecule has 0 heterocycles. The minimum Gasteiger partial charge on any atom is -0.377 e. The smallest absolute Gasteiger partial charge is 0.377 e. The molecule has 0 unspecified atom stereocenters. The minimum absolute atomic E-state index is 0.332. The highest BCUT2D eigenvalue weighted by Gasteiger charge is 2.36. The Hall–Kier alpha value is -0.593. The zero-order valence-corrected chi connectivity index (χ0v) is 8.48. The van der Waals surface area contributed by atoms with Gasteiger partial charge in [0, 0.05) is 38.8 Å². The van der Waals surface area contributed by atoms with Crippen molar-refractivity contribution in [2.45, 2.75) is 6.04 Å². The van der Waals surface area contributed by atoms with Gasteiger partial charge in [-0.15, -0.1) is 0 Å². The highest BCUT2D eigenvalue weighted by Crippen LogP contribution is 2.11. The number of rotatable bonds is 6. The molecule has 70 valence electrons. The van der Waals surface area contributed by atoms with Gasteiger partial charge in [0.05, 0.1) is 0 Å². The van der Waals surface area contributed by atoms with E-state index in [1.807, 2.05) is 0 Å². The standard InChI is InChI=1S/C5H13N3O3Si/c1-9-12(10-2,11-3)5-4-7-8-6/h4-5H2,1-3H3. The van der Waals surface area contributed by atoms with Gasteiger partial charge >= 0.3 is 8.80 Å². The molecular weight excluding hydrogens is 178 g/mol. The van der Waals surface area contributed by atoms with Gasteiger partial charge in [0.15, 0.2) is 0 Å². The second-order valence-corrected chi connectivity index (χ2v) is 5.09. The monoisotopic (exact) mass is 191 g/mol. The van der Waals surface area contributed by atoms with Gasteiger partial charge in [-0.05, 0) is 5.53 Å². The lowest BCUT2D eigenvalue weighted by molar-refractivity contribution is 0.124. The molecule has 6 nitrogen and oxygen atoms in total. The van der Waals surface area contributed by atoms with E-state index in [-0.39, 0.29) is 0 Å². The van der Waals surface area contributed by atoms with E-state index in [4.69, 9.17) is 18.8 Å². The average Bonchev–Trinajstić information content (AvgIpc) is 2.14. The van der Waals surface area contributed by atoms with Gasteiger partial charge in [0.2, 0.25) is 0 Å². The summed E-state index contributed by atoms with van der Waals surface area (Å²) in [5, 5.41) is 3.38. The van der Waals surface area contributed by atoms with Gasteiger partial charge in [-0.3, -0.25) is 0 Å². The van der Waals surface area contributed by atoms with Crippen molar-refractivity contribution in [1.82, 2.24) is 0 Å². The molecule has 0 amide bonds. The van der Waals surface area contributed by atoms with E-state index in [9.17, 15) is 0 Å². The van der Waals surface area contributed by atoms with Crippen LogP contribution in [-0.2, 0) is 13.3 Å². The molecule has 0 atom stereocenters. The Morgan fingerprint density at radius 2 is 1.75 bits per heavy atom. The normalized spacial score (nSPS) is 10.9. The molecular formula is C5H13N3O3Si. The van der Waals surface area contributed by atoms with Crippen molar-refractivity contribution < 1.29 is 13.3 Å². The molecule has 7 heteroatoms. The summed E-state index contributed by atoms with van der Waals surface area (Å²) in [6.45, 7) is 0.332. The molecule has 0 aromatic heterocycles. The molecule has 0 bridgehead atoms. The molecule has 0 spiro atoms. The first-order valence-electron chi connectivity index (χ1n) is 3.41. The van der Waals surface area contributed by atoms with E-state index in [1.165, 1.54) is 21.3 Å². The van der Waals surface area contributed by atoms with Gasteiger partial charge in [-0.1, -0.05) is 5.11 Å². The molecule has 0 fully saturated rings. The van der Waals surface area contributed by atoms with Gasteiger partial charge in [0.25, 0.3) is 0 Å². The Bertz CT molecular complexity index is 159. The van der Waals surface area contributed by atoms with Crippen LogP contribution in [0.15, 0.2) is 5.11 Å². The summed E-state index contributed by atoms with van der Waals surface area (Å²) in [6.07, 6.45) is 0. The SMILES string of the molecule is CO[Si](CCN=[N+]=[N-])(OC)OC. The lowest BCUT2D eigenvalue weighted by Gasteiger charge is -2.23. The van der Waals surface area contributed by atoms with Crippen LogP contribution < -0.4 is 0 Å². The highest BCUT2D eigenvalue weighted by molar-refractivity contribution is 6.60. The van der Waals surface area contributed by atoms with Crippen molar-refractivity contribution in [2.75, 3.05) is 27.9 Å². The van der Waals surface area contributed by atoms with Gasteiger partial charge in [0.1, 0.15) is 0 Å². The van der Waals surface area contributed by atoms with Crippen LogP contribution >= 0.6 is 0 Å². The minimum atomic E-state index is -2.52. The zero-order chi connectivity index (χ0) is 9.45. The Morgan fingerprint density at radius 1 is 1.25 bits per heavy atom. The summed E-state index contributed by atoms with van der Waals surface area (Å²) < 4.78 is 15.3. The lowest BCUT2D eigenvalue weighted by atomic mass is 10.8. The van der Waals surface area contributed by atoms with Gasteiger partial charge in [-0.2, -0.15) is 0 Å². The van der Waals surface area contributed by atoms with E-state index in [1.54, 1.807) is 0 Å². The van der Waals surface area contributed by atoms with Crippen LogP contribution in [0.5, 0.6) is 0 Å². The maximum atomic E-state index is 8.03. The number of hydrogen-bond acceptors (Lipinski definition) is 4. The Labute approximate surface area is 72.4 Å². The fourth-order valence-electron chi connectivity index (χ4n) is 0.788. The van der Waals surface area contributed by atoms with Crippen LogP contribution in [0.4, 0.5) is 0 Å². The number of hydrogen-bond donors (Lipinski definition) is 0. The lowest BCUT2D eigenvalue weighted by Crippen LogP contribution is -2.43. The van der Waals surface area contributed by atoms with E-state index in [2.05, 4.69) is 10.0 Å². The summed E-state index contributed by atoms with van der Waals surface area (Å²) in [5.74, 6) is 0. The van der Waals surface area contributed by atoms with Gasteiger partial charge in [-0.25, -0.2) is 0 Å². The zero-order valence-electron chi connectivity index (χ0n) is 7.48. The Kier molecular flexibility index (Phi) is 5.69. The molecule has 0 aliphatic carbocycles. The Morgan fingerprint density at radius 3 is 2.08 bits per heavy atom. The summed E-state index contributed by atoms with van der Waals surface area (Å²) in [6, 6.07) is 0.501. The molecule has 12 heavy (non-hydrogen) atoms. The van der Waals surface area contributed by atoms with Crippen molar-refractivity contribution in [1.29, 1.82) is 0 Å². The van der Waals surface area contributed by atoms with Crippen molar-refractivity contribution in [2.24, 2.45) is 5.11 Å². The summed E-state index contributed by atoms with van der Waals surface area (Å²) in [5.41, 5.74) is 8.03. The third-order valence-electron chi connectivity index (χ3n) is 1.51. The fraction of sp³-hybridized carbons (Fsp3) is 1.00. The van der Waals surface area contributed by atoms with E-state index in [0.717, 1.165) is 0 Å². The number of nitrogens with zero attached hydrogens (tertiary/aromatic N) is 3. The maximum Gasteiger partial charge on any atom is 0.500 e. The second-order valence-electron chi connectivity index (χ2n) is 2.00. The topological polar surface area (TPSA) is 76.5 Å². The highest BCUT2D eigenvalue weighted by atomic mass is 28.4. The first-order valence-corrected chi connectivity index (χ1v) is 5.34. The molecule has 0 rings (SSSR count). The fourth-order valence-corrected chi connectivity index (χ4v) is 2.27. The maximum absolute atomic E-state index is 8.03. The Balaban J connectivity index is 4.00. The second kappa shape index (κ2) is 5.98. The molecule has 0 saturated heterocycles. The van der Waals surface area contributed by atoms with Crippen molar-refractivity contribution in [3.05, 3.63) is 10.4 Å². The molecule has 0 aliphatic heterocycles. The molecule has 0 aliphatic rings. The van der Waals surface area contributed by atoms with Crippen LogP contribution in [0.2, 0.25) is 6.04 Å².